The molecule has 2 atom stereocenters. The molecule has 2 aromatic carbocycles. The summed E-state index contributed by atoms with van der Waals surface area (Å²) in [4.78, 5) is 18.5. The van der Waals surface area contributed by atoms with Crippen LogP contribution in [0, 0.1) is 0 Å². The quantitative estimate of drug-likeness (QED) is 0.221. The lowest BCUT2D eigenvalue weighted by Gasteiger charge is -2.33. The topological polar surface area (TPSA) is 82.5 Å². The van der Waals surface area contributed by atoms with Crippen LogP contribution in [0.4, 0.5) is 18.9 Å². The molecule has 0 bridgehead atoms. The van der Waals surface area contributed by atoms with Crippen LogP contribution in [0.15, 0.2) is 71.3 Å². The van der Waals surface area contributed by atoms with E-state index in [9.17, 15) is 27.3 Å². The number of unbranched alkanes of at least 4 members (excludes halogenated alkanes) is 3. The fraction of sp³-hybridized carbons (Fsp3) is 0.357. The highest BCUT2D eigenvalue weighted by atomic mass is 35.5. The van der Waals surface area contributed by atoms with Crippen molar-refractivity contribution < 1.29 is 27.3 Å². The number of carbonyl (C=O) groups excluding carboxylic acids is 1. The summed E-state index contributed by atoms with van der Waals surface area (Å²) in [6.45, 7) is 0.722. The van der Waals surface area contributed by atoms with E-state index in [0.29, 0.717) is 34.3 Å². The van der Waals surface area contributed by atoms with Gasteiger partial charge in [0, 0.05) is 50.9 Å². The van der Waals surface area contributed by atoms with E-state index in [-0.39, 0.29) is 6.54 Å². The fourth-order valence-corrected chi connectivity index (χ4v) is 6.16. The van der Waals surface area contributed by atoms with Gasteiger partial charge in [-0.2, -0.15) is 13.2 Å². The molecule has 6 nitrogen and oxygen atoms in total. The minimum absolute atomic E-state index is 0.0359. The molecule has 0 saturated heterocycles. The number of rotatable bonds is 12. The molecular weight excluding hydrogens is 586 g/mol. The molecule has 12 heteroatoms. The van der Waals surface area contributed by atoms with Gasteiger partial charge < -0.3 is 15.3 Å². The van der Waals surface area contributed by atoms with Crippen molar-refractivity contribution in [1.82, 2.24) is 9.88 Å². The van der Waals surface area contributed by atoms with Gasteiger partial charge in [0.25, 0.3) is 5.91 Å². The molecule has 1 aliphatic heterocycles. The predicted molar refractivity (Wildman–Crippen MR) is 152 cm³/mol. The number of aromatic nitrogens is 1. The van der Waals surface area contributed by atoms with Gasteiger partial charge in [0.05, 0.1) is 28.5 Å². The molecular formula is C28H28Cl2F3N3O3S. The third kappa shape index (κ3) is 7.75. The number of hydrogen-bond donors (Lipinski definition) is 2. The van der Waals surface area contributed by atoms with E-state index in [4.69, 9.17) is 23.2 Å². The summed E-state index contributed by atoms with van der Waals surface area (Å²) in [5, 5.41) is 16.6. The maximum absolute atomic E-state index is 13.1. The molecule has 0 aliphatic carbocycles. The van der Waals surface area contributed by atoms with Crippen LogP contribution in [0.25, 0.3) is 10.9 Å². The summed E-state index contributed by atoms with van der Waals surface area (Å²) in [5.41, 5.74) is -0.907. The number of pyridine rings is 1. The lowest BCUT2D eigenvalue weighted by atomic mass is 10.1. The van der Waals surface area contributed by atoms with Crippen molar-refractivity contribution in [3.05, 3.63) is 76.4 Å². The van der Waals surface area contributed by atoms with Crippen LogP contribution < -0.4 is 5.32 Å². The van der Waals surface area contributed by atoms with E-state index in [2.05, 4.69) is 10.3 Å². The Morgan fingerprint density at radius 1 is 1.00 bits per heavy atom. The zero-order valence-electron chi connectivity index (χ0n) is 21.4. The highest BCUT2D eigenvalue weighted by Gasteiger charge is 2.47. The van der Waals surface area contributed by atoms with Gasteiger partial charge in [0.1, 0.15) is 0 Å². The number of benzene rings is 2. The maximum Gasteiger partial charge on any atom is 0.393 e. The monoisotopic (exact) mass is 613 g/mol. The maximum atomic E-state index is 13.1. The van der Waals surface area contributed by atoms with Crippen LogP contribution in [0.3, 0.4) is 0 Å². The molecule has 2 heterocycles. The van der Waals surface area contributed by atoms with Gasteiger partial charge in [0.15, 0.2) is 5.72 Å². The molecule has 40 heavy (non-hydrogen) atoms. The van der Waals surface area contributed by atoms with Crippen molar-refractivity contribution in [3.63, 3.8) is 0 Å². The molecule has 1 aliphatic rings. The molecule has 1 amide bonds. The zero-order chi connectivity index (χ0) is 28.9. The van der Waals surface area contributed by atoms with Crippen LogP contribution in [0.1, 0.15) is 32.1 Å². The summed E-state index contributed by atoms with van der Waals surface area (Å²) in [7, 11) is -1.78. The first-order valence-electron chi connectivity index (χ1n) is 12.7. The molecule has 3 aromatic rings. The van der Waals surface area contributed by atoms with Gasteiger partial charge in [-0.05, 0) is 67.4 Å². The van der Waals surface area contributed by atoms with Gasteiger partial charge >= 0.3 is 6.18 Å². The number of nitrogens with zero attached hydrogens (tertiary/aromatic N) is 2. The van der Waals surface area contributed by atoms with E-state index in [1.165, 1.54) is 24.3 Å². The third-order valence-corrected chi connectivity index (χ3v) is 8.50. The number of hydrogen-bond acceptors (Lipinski definition) is 5. The first-order valence-corrected chi connectivity index (χ1v) is 14.8. The van der Waals surface area contributed by atoms with Crippen molar-refractivity contribution in [2.75, 3.05) is 24.2 Å². The van der Waals surface area contributed by atoms with E-state index in [0.717, 1.165) is 40.4 Å². The molecule has 0 saturated carbocycles. The van der Waals surface area contributed by atoms with E-state index in [1.807, 2.05) is 12.1 Å². The smallest absolute Gasteiger partial charge is 0.384 e. The van der Waals surface area contributed by atoms with Crippen molar-refractivity contribution in [3.8, 4) is 0 Å². The normalized spacial score (nSPS) is 18.3. The fourth-order valence-electron chi connectivity index (χ4n) is 4.63. The molecule has 0 radical (unpaired) electrons. The Labute approximate surface area is 242 Å². The van der Waals surface area contributed by atoms with Gasteiger partial charge in [-0.3, -0.25) is 14.0 Å². The second-order valence-electron chi connectivity index (χ2n) is 9.60. The Kier molecular flexibility index (Phi) is 9.76. The molecule has 2 N–H and O–H groups in total. The summed E-state index contributed by atoms with van der Waals surface area (Å²) >= 11 is 11.9. The summed E-state index contributed by atoms with van der Waals surface area (Å²) in [6.07, 6.45) is -0.708. The molecule has 1 aromatic heterocycles. The van der Waals surface area contributed by atoms with Crippen LogP contribution in [-0.4, -0.2) is 55.9 Å². The van der Waals surface area contributed by atoms with Crippen LogP contribution in [0.2, 0.25) is 10.0 Å². The number of amides is 1. The van der Waals surface area contributed by atoms with E-state index < -0.39 is 46.4 Å². The summed E-state index contributed by atoms with van der Waals surface area (Å²) < 4.78 is 52.2. The largest absolute Gasteiger partial charge is 0.393 e. The van der Waals surface area contributed by atoms with Crippen LogP contribution in [-0.2, 0) is 15.6 Å². The Balaban J connectivity index is 1.32. The molecule has 2 unspecified atom stereocenters. The standard InChI is InChI=1S/C28H28Cl2F3N3O3S/c29-20-5-8-22(9-6-20)40(39)18-27(38)16-19(17-28(31,32)33)26(37)36(27)14-4-2-1-3-12-34-24-11-13-35-25-15-21(30)7-10-23(24)25/h5-11,13,15-16,38H,1-4,12,14,17-18H2,(H,34,35). The van der Waals surface area contributed by atoms with Gasteiger partial charge in [-0.15, -0.1) is 0 Å². The first kappa shape index (κ1) is 30.3. The second-order valence-corrected chi connectivity index (χ2v) is 11.9. The van der Waals surface area contributed by atoms with Crippen LogP contribution in [0.5, 0.6) is 0 Å². The number of alkyl halides is 3. The minimum Gasteiger partial charge on any atom is -0.384 e. The predicted octanol–water partition coefficient (Wildman–Crippen LogP) is 6.73. The van der Waals surface area contributed by atoms with Crippen LogP contribution >= 0.6 is 23.2 Å². The summed E-state index contributed by atoms with van der Waals surface area (Å²) in [6, 6.07) is 13.5. The van der Waals surface area contributed by atoms with Crippen molar-refractivity contribution in [2.45, 2.75) is 48.9 Å². The van der Waals surface area contributed by atoms with Crippen molar-refractivity contribution in [1.29, 1.82) is 0 Å². The Morgan fingerprint density at radius 3 is 2.42 bits per heavy atom. The average Bonchev–Trinajstić information content (AvgIpc) is 3.10. The molecule has 0 fully saturated rings. The van der Waals surface area contributed by atoms with Crippen molar-refractivity contribution >= 4 is 56.5 Å². The van der Waals surface area contributed by atoms with Gasteiger partial charge in [-0.1, -0.05) is 36.0 Å². The second kappa shape index (κ2) is 12.9. The Bertz CT molecular complexity index is 1420. The third-order valence-electron chi connectivity index (χ3n) is 6.53. The summed E-state index contributed by atoms with van der Waals surface area (Å²) in [5.74, 6) is -1.34. The van der Waals surface area contributed by atoms with Crippen molar-refractivity contribution in [2.24, 2.45) is 0 Å². The molecule has 4 rings (SSSR count). The molecule has 214 valence electrons. The average molecular weight is 615 g/mol. The number of halogens is 5. The van der Waals surface area contributed by atoms with E-state index in [1.54, 1.807) is 18.3 Å². The Hall–Kier alpha value is -2.66. The highest BCUT2D eigenvalue weighted by Crippen LogP contribution is 2.35. The number of carbonyl (C=O) groups is 1. The van der Waals surface area contributed by atoms with Gasteiger partial charge in [0.2, 0.25) is 0 Å². The Morgan fingerprint density at radius 2 is 1.70 bits per heavy atom. The number of nitrogens with one attached hydrogen (secondary N) is 1. The number of fused-ring (bicyclic) bond motifs is 1. The van der Waals surface area contributed by atoms with E-state index >= 15 is 0 Å². The minimum atomic E-state index is -4.62. The lowest BCUT2D eigenvalue weighted by molar-refractivity contribution is -0.145. The van der Waals surface area contributed by atoms with Gasteiger partial charge in [-0.25, -0.2) is 0 Å². The first-order chi connectivity index (χ1) is 18.9. The lowest BCUT2D eigenvalue weighted by Crippen LogP contribution is -2.50. The zero-order valence-corrected chi connectivity index (χ0v) is 23.7. The number of anilines is 1. The highest BCUT2D eigenvalue weighted by molar-refractivity contribution is 7.85. The SMILES string of the molecule is O=C1C(CC(F)(F)F)=CC(O)(CS(=O)c2ccc(Cl)cc2)N1CCCCCCNc1ccnc2cc(Cl)ccc12. The molecule has 0 spiro atoms. The number of aliphatic hydroxyl groups is 1.